The molecule has 5 heteroatoms. The highest BCUT2D eigenvalue weighted by Gasteiger charge is 2.32. The number of alkyl halides is 1. The number of hydrogen-bond donors (Lipinski definition) is 1. The Morgan fingerprint density at radius 1 is 1.47 bits per heavy atom. The van der Waals surface area contributed by atoms with Gasteiger partial charge in [-0.15, -0.1) is 12.4 Å². The van der Waals surface area contributed by atoms with Gasteiger partial charge in [-0.3, -0.25) is 4.90 Å². The van der Waals surface area contributed by atoms with Gasteiger partial charge in [0.15, 0.2) is 0 Å². The number of nitrogens with zero attached hydrogens (tertiary/aromatic N) is 1. The van der Waals surface area contributed by atoms with E-state index < -0.39 is 6.17 Å². The zero-order chi connectivity index (χ0) is 9.97. The van der Waals surface area contributed by atoms with Crippen LogP contribution in [-0.4, -0.2) is 48.3 Å². The van der Waals surface area contributed by atoms with E-state index in [1.807, 2.05) is 11.8 Å². The topological polar surface area (TPSA) is 29.3 Å². The molecule has 2 aliphatic heterocycles. The maximum Gasteiger partial charge on any atom is 0.114 e. The van der Waals surface area contributed by atoms with Crippen molar-refractivity contribution in [2.24, 2.45) is 11.7 Å². The summed E-state index contributed by atoms with van der Waals surface area (Å²) in [6, 6.07) is 0.301. The molecule has 0 aromatic carbocycles. The van der Waals surface area contributed by atoms with Crippen molar-refractivity contribution in [1.82, 2.24) is 4.90 Å². The summed E-state index contributed by atoms with van der Waals surface area (Å²) in [7, 11) is 0. The molecule has 0 spiro atoms. The van der Waals surface area contributed by atoms with E-state index in [9.17, 15) is 4.39 Å². The van der Waals surface area contributed by atoms with Crippen molar-refractivity contribution in [2.45, 2.75) is 25.1 Å². The Hall–Kier alpha value is 0.490. The summed E-state index contributed by atoms with van der Waals surface area (Å²) in [4.78, 5) is 2.27. The van der Waals surface area contributed by atoms with Crippen LogP contribution in [0.15, 0.2) is 0 Å². The summed E-state index contributed by atoms with van der Waals surface area (Å²) < 4.78 is 13.2. The SMILES string of the molecule is Cl.NC[C@@H]1C[C@H](F)CN1CC1CCSC1. The first kappa shape index (κ1) is 13.6. The molecule has 3 atom stereocenters. The molecule has 90 valence electrons. The molecule has 2 N–H and O–H groups in total. The Morgan fingerprint density at radius 3 is 2.87 bits per heavy atom. The summed E-state index contributed by atoms with van der Waals surface area (Å²) in [5.74, 6) is 3.31. The van der Waals surface area contributed by atoms with E-state index in [-0.39, 0.29) is 12.4 Å². The molecule has 0 aliphatic carbocycles. The predicted octanol–water partition coefficient (Wildman–Crippen LogP) is 1.53. The van der Waals surface area contributed by atoms with Gasteiger partial charge in [0.1, 0.15) is 6.17 Å². The van der Waals surface area contributed by atoms with E-state index in [1.165, 1.54) is 17.9 Å². The van der Waals surface area contributed by atoms with Crippen LogP contribution < -0.4 is 5.73 Å². The highest BCUT2D eigenvalue weighted by molar-refractivity contribution is 7.99. The lowest BCUT2D eigenvalue weighted by molar-refractivity contribution is 0.217. The fraction of sp³-hybridized carbons (Fsp3) is 1.00. The van der Waals surface area contributed by atoms with Gasteiger partial charge >= 0.3 is 0 Å². The minimum atomic E-state index is -0.641. The quantitative estimate of drug-likeness (QED) is 0.829. The molecule has 0 radical (unpaired) electrons. The third kappa shape index (κ3) is 3.48. The molecule has 0 aromatic rings. The summed E-state index contributed by atoms with van der Waals surface area (Å²) in [5, 5.41) is 0. The van der Waals surface area contributed by atoms with Gasteiger partial charge in [-0.25, -0.2) is 4.39 Å². The molecule has 2 saturated heterocycles. The normalized spacial score (nSPS) is 36.8. The minimum absolute atomic E-state index is 0. The highest BCUT2D eigenvalue weighted by atomic mass is 35.5. The fourth-order valence-electron chi connectivity index (χ4n) is 2.45. The van der Waals surface area contributed by atoms with Gasteiger partial charge in [0.05, 0.1) is 0 Å². The number of thioether (sulfide) groups is 1. The third-order valence-corrected chi connectivity index (χ3v) is 4.50. The zero-order valence-electron chi connectivity index (χ0n) is 8.90. The van der Waals surface area contributed by atoms with Crippen LogP contribution in [0.25, 0.3) is 0 Å². The summed E-state index contributed by atoms with van der Waals surface area (Å²) >= 11 is 2.02. The molecule has 2 fully saturated rings. The third-order valence-electron chi connectivity index (χ3n) is 3.27. The molecule has 0 saturated carbocycles. The Bertz CT molecular complexity index is 190. The first-order valence-electron chi connectivity index (χ1n) is 5.45. The first-order valence-corrected chi connectivity index (χ1v) is 6.61. The van der Waals surface area contributed by atoms with Crippen LogP contribution in [0.5, 0.6) is 0 Å². The minimum Gasteiger partial charge on any atom is -0.329 e. The Balaban J connectivity index is 0.00000112. The van der Waals surface area contributed by atoms with Crippen LogP contribution in [-0.2, 0) is 0 Å². The zero-order valence-corrected chi connectivity index (χ0v) is 10.5. The van der Waals surface area contributed by atoms with Crippen LogP contribution in [0, 0.1) is 5.92 Å². The van der Waals surface area contributed by atoms with Gasteiger partial charge < -0.3 is 5.73 Å². The van der Waals surface area contributed by atoms with Crippen molar-refractivity contribution in [3.63, 3.8) is 0 Å². The lowest BCUT2D eigenvalue weighted by Crippen LogP contribution is -2.38. The van der Waals surface area contributed by atoms with Crippen molar-refractivity contribution in [1.29, 1.82) is 0 Å². The number of rotatable bonds is 3. The van der Waals surface area contributed by atoms with Crippen LogP contribution in [0.2, 0.25) is 0 Å². The van der Waals surface area contributed by atoms with Gasteiger partial charge in [0, 0.05) is 25.7 Å². The van der Waals surface area contributed by atoms with Crippen molar-refractivity contribution >= 4 is 24.2 Å². The van der Waals surface area contributed by atoms with Gasteiger partial charge in [-0.2, -0.15) is 11.8 Å². The number of halogens is 2. The van der Waals surface area contributed by atoms with Gasteiger partial charge in [-0.05, 0) is 30.3 Å². The first-order chi connectivity index (χ1) is 6.79. The summed E-state index contributed by atoms with van der Waals surface area (Å²) in [5.41, 5.74) is 5.65. The smallest absolute Gasteiger partial charge is 0.114 e. The molecule has 0 bridgehead atoms. The van der Waals surface area contributed by atoms with Crippen molar-refractivity contribution in [3.8, 4) is 0 Å². The van der Waals surface area contributed by atoms with E-state index in [2.05, 4.69) is 4.90 Å². The second-order valence-corrected chi connectivity index (χ2v) is 5.56. The molecule has 15 heavy (non-hydrogen) atoms. The predicted molar refractivity (Wildman–Crippen MR) is 66.6 cm³/mol. The fourth-order valence-corrected chi connectivity index (χ4v) is 3.72. The van der Waals surface area contributed by atoms with E-state index in [1.54, 1.807) is 0 Å². The maximum atomic E-state index is 13.2. The molecular formula is C10H20ClFN2S. The van der Waals surface area contributed by atoms with E-state index >= 15 is 0 Å². The lowest BCUT2D eigenvalue weighted by atomic mass is 10.1. The van der Waals surface area contributed by atoms with E-state index in [4.69, 9.17) is 5.73 Å². The molecule has 1 unspecified atom stereocenters. The van der Waals surface area contributed by atoms with E-state index in [0.717, 1.165) is 12.5 Å². The van der Waals surface area contributed by atoms with Crippen LogP contribution >= 0.6 is 24.2 Å². The lowest BCUT2D eigenvalue weighted by Gasteiger charge is -2.25. The van der Waals surface area contributed by atoms with Crippen LogP contribution in [0.3, 0.4) is 0 Å². The van der Waals surface area contributed by atoms with Gasteiger partial charge in [0.25, 0.3) is 0 Å². The van der Waals surface area contributed by atoms with E-state index in [0.29, 0.717) is 25.6 Å². The highest BCUT2D eigenvalue weighted by Crippen LogP contribution is 2.27. The monoisotopic (exact) mass is 254 g/mol. The number of likely N-dealkylation sites (tertiary alicyclic amines) is 1. The molecule has 2 rings (SSSR count). The second-order valence-electron chi connectivity index (χ2n) is 4.41. The molecule has 2 heterocycles. The van der Waals surface area contributed by atoms with Crippen molar-refractivity contribution in [3.05, 3.63) is 0 Å². The van der Waals surface area contributed by atoms with Gasteiger partial charge in [0.2, 0.25) is 0 Å². The Labute approximate surface area is 102 Å². The molecule has 0 amide bonds. The maximum absolute atomic E-state index is 13.2. The summed E-state index contributed by atoms with van der Waals surface area (Å²) in [6.45, 7) is 2.29. The van der Waals surface area contributed by atoms with Crippen LogP contribution in [0.4, 0.5) is 4.39 Å². The van der Waals surface area contributed by atoms with Gasteiger partial charge in [-0.1, -0.05) is 0 Å². The molecule has 2 aliphatic rings. The average molecular weight is 255 g/mol. The average Bonchev–Trinajstić information content (AvgIpc) is 2.76. The van der Waals surface area contributed by atoms with Crippen LogP contribution in [0.1, 0.15) is 12.8 Å². The molecule has 0 aromatic heterocycles. The number of hydrogen-bond acceptors (Lipinski definition) is 3. The summed E-state index contributed by atoms with van der Waals surface area (Å²) in [6.07, 6.45) is 1.31. The van der Waals surface area contributed by atoms with Crippen molar-refractivity contribution < 1.29 is 4.39 Å². The molecule has 2 nitrogen and oxygen atoms in total. The number of nitrogens with two attached hydrogens (primary N) is 1. The second kappa shape index (κ2) is 6.28. The standard InChI is InChI=1S/C10H19FN2S.ClH/c11-9-3-10(4-12)13(6-9)5-8-1-2-14-7-8;/h8-10H,1-7,12H2;1H/t8?,9-,10-;/m0./s1. The Morgan fingerprint density at radius 2 is 2.27 bits per heavy atom. The Kier molecular flexibility index (Phi) is 5.68. The largest absolute Gasteiger partial charge is 0.329 e. The van der Waals surface area contributed by atoms with Crippen molar-refractivity contribution in [2.75, 3.05) is 31.1 Å². The molecular weight excluding hydrogens is 235 g/mol.